The molecule has 1 aromatic heterocycles. The third-order valence-electron chi connectivity index (χ3n) is 6.07. The Morgan fingerprint density at radius 1 is 1.06 bits per heavy atom. The molecule has 34 heavy (non-hydrogen) atoms. The summed E-state index contributed by atoms with van der Waals surface area (Å²) in [7, 11) is -3.53. The molecule has 178 valence electrons. The second-order valence-electron chi connectivity index (χ2n) is 8.35. The summed E-state index contributed by atoms with van der Waals surface area (Å²) in [4.78, 5) is 15.5. The van der Waals surface area contributed by atoms with Gasteiger partial charge in [0, 0.05) is 31.0 Å². The summed E-state index contributed by atoms with van der Waals surface area (Å²) in [6, 6.07) is 13.2. The normalized spacial score (nSPS) is 16.4. The van der Waals surface area contributed by atoms with Gasteiger partial charge in [-0.1, -0.05) is 18.2 Å². The van der Waals surface area contributed by atoms with Crippen molar-refractivity contribution in [2.24, 2.45) is 0 Å². The lowest BCUT2D eigenvalue weighted by molar-refractivity contribution is 0.0730. The monoisotopic (exact) mass is 481 g/mol. The number of nitrogens with one attached hydrogen (secondary N) is 1. The number of nitrogens with zero attached hydrogens (tertiary/aromatic N) is 5. The maximum absolute atomic E-state index is 13.0. The van der Waals surface area contributed by atoms with Gasteiger partial charge in [0.05, 0.1) is 24.7 Å². The largest absolute Gasteiger partial charge is 0.379 e. The lowest BCUT2D eigenvalue weighted by Crippen LogP contribution is -2.40. The third kappa shape index (κ3) is 4.54. The average molecular weight is 482 g/mol. The van der Waals surface area contributed by atoms with E-state index in [1.165, 1.54) is 4.31 Å². The van der Waals surface area contributed by atoms with E-state index in [2.05, 4.69) is 25.2 Å². The topological polar surface area (TPSA) is 127 Å². The number of para-hydroxylation sites is 1. The minimum atomic E-state index is -3.53. The van der Waals surface area contributed by atoms with Gasteiger partial charge in [-0.25, -0.2) is 8.42 Å². The Hall–Kier alpha value is -3.28. The van der Waals surface area contributed by atoms with E-state index >= 15 is 0 Å². The smallest absolute Gasteiger partial charge is 0.243 e. The molecule has 3 heterocycles. The van der Waals surface area contributed by atoms with Crippen LogP contribution in [0.1, 0.15) is 17.0 Å². The molecule has 1 saturated heterocycles. The van der Waals surface area contributed by atoms with Crippen molar-refractivity contribution in [2.75, 3.05) is 48.8 Å². The zero-order valence-electron chi connectivity index (χ0n) is 18.9. The number of rotatable bonds is 6. The Morgan fingerprint density at radius 2 is 1.85 bits per heavy atom. The first-order valence-electron chi connectivity index (χ1n) is 11.2. The van der Waals surface area contributed by atoms with Crippen molar-refractivity contribution in [1.82, 2.24) is 19.3 Å². The molecule has 0 bridgehead atoms. The van der Waals surface area contributed by atoms with Crippen LogP contribution in [-0.2, 0) is 27.7 Å². The van der Waals surface area contributed by atoms with E-state index in [9.17, 15) is 8.42 Å². The Labute approximate surface area is 198 Å². The van der Waals surface area contributed by atoms with Crippen molar-refractivity contribution < 1.29 is 13.2 Å². The molecule has 2 aromatic carbocycles. The molecule has 10 nitrogen and oxygen atoms in total. The van der Waals surface area contributed by atoms with Crippen molar-refractivity contribution in [3.8, 4) is 0 Å². The zero-order chi connectivity index (χ0) is 23.7. The van der Waals surface area contributed by atoms with Gasteiger partial charge in [0.1, 0.15) is 0 Å². The molecule has 3 N–H and O–H groups in total. The van der Waals surface area contributed by atoms with Crippen LogP contribution in [0.3, 0.4) is 0 Å². The fourth-order valence-corrected chi connectivity index (χ4v) is 5.74. The maximum Gasteiger partial charge on any atom is 0.243 e. The summed E-state index contributed by atoms with van der Waals surface area (Å²) >= 11 is 0. The fraction of sp³-hybridized carbons (Fsp3) is 0.348. The van der Waals surface area contributed by atoms with E-state index < -0.39 is 10.0 Å². The predicted molar refractivity (Wildman–Crippen MR) is 129 cm³/mol. The number of sulfonamides is 1. The van der Waals surface area contributed by atoms with Gasteiger partial charge in [0.25, 0.3) is 0 Å². The number of hydrogen-bond acceptors (Lipinski definition) is 9. The summed E-state index contributed by atoms with van der Waals surface area (Å²) in [6.07, 6.45) is 0.747. The van der Waals surface area contributed by atoms with E-state index in [-0.39, 0.29) is 5.95 Å². The summed E-state index contributed by atoms with van der Waals surface area (Å²) < 4.78 is 32.8. The molecule has 3 aromatic rings. The maximum atomic E-state index is 13.0. The molecule has 0 radical (unpaired) electrons. The number of aromatic nitrogens is 3. The highest BCUT2D eigenvalue weighted by molar-refractivity contribution is 7.89. The average Bonchev–Trinajstić information content (AvgIpc) is 3.23. The minimum absolute atomic E-state index is 0.146. The van der Waals surface area contributed by atoms with Crippen molar-refractivity contribution in [2.45, 2.75) is 24.8 Å². The SMILES string of the molecule is Cc1ccccc1Nc1nc(N)nc(CN2CCc3cc(S(=O)(=O)N4CCOCC4)ccc32)n1. The van der Waals surface area contributed by atoms with Crippen LogP contribution in [0.5, 0.6) is 0 Å². The van der Waals surface area contributed by atoms with E-state index in [0.717, 1.165) is 35.5 Å². The standard InChI is InChI=1S/C23H27N7O3S/c1-16-4-2-3-5-19(16)25-23-27-21(26-22(24)28-23)15-29-9-8-17-14-18(6-7-20(17)29)34(31,32)30-10-12-33-13-11-30/h2-7,14H,8-13,15H2,1H3,(H3,24,25,26,27,28). The van der Waals surface area contributed by atoms with Crippen molar-refractivity contribution >= 4 is 33.3 Å². The summed E-state index contributed by atoms with van der Waals surface area (Å²) in [6.45, 7) is 4.79. The van der Waals surface area contributed by atoms with Crippen LogP contribution in [-0.4, -0.2) is 60.5 Å². The van der Waals surface area contributed by atoms with Crippen LogP contribution in [0.4, 0.5) is 23.3 Å². The Kier molecular flexibility index (Phi) is 6.07. The molecule has 0 atom stereocenters. The first-order chi connectivity index (χ1) is 16.4. The van der Waals surface area contributed by atoms with Crippen LogP contribution in [0, 0.1) is 6.92 Å². The lowest BCUT2D eigenvalue weighted by atomic mass is 10.2. The van der Waals surface area contributed by atoms with E-state index in [1.807, 2.05) is 37.3 Å². The van der Waals surface area contributed by atoms with E-state index in [0.29, 0.717) is 49.5 Å². The third-order valence-corrected chi connectivity index (χ3v) is 7.97. The van der Waals surface area contributed by atoms with E-state index in [1.54, 1.807) is 12.1 Å². The number of nitrogens with two attached hydrogens (primary N) is 1. The molecular formula is C23H27N7O3S. The Bertz CT molecular complexity index is 1310. The molecule has 0 spiro atoms. The van der Waals surface area contributed by atoms with Crippen molar-refractivity contribution in [1.29, 1.82) is 0 Å². The number of fused-ring (bicyclic) bond motifs is 1. The Balaban J connectivity index is 1.34. The van der Waals surface area contributed by atoms with Gasteiger partial charge in [-0.15, -0.1) is 0 Å². The zero-order valence-corrected chi connectivity index (χ0v) is 19.8. The molecule has 0 aliphatic carbocycles. The van der Waals surface area contributed by atoms with Gasteiger partial charge < -0.3 is 20.7 Å². The molecule has 0 amide bonds. The first-order valence-corrected chi connectivity index (χ1v) is 12.6. The van der Waals surface area contributed by atoms with Crippen LogP contribution in [0.25, 0.3) is 0 Å². The molecule has 0 saturated carbocycles. The second-order valence-corrected chi connectivity index (χ2v) is 10.3. The number of ether oxygens (including phenoxy) is 1. The van der Waals surface area contributed by atoms with Crippen LogP contribution in [0.15, 0.2) is 47.4 Å². The predicted octanol–water partition coefficient (Wildman–Crippen LogP) is 2.09. The Morgan fingerprint density at radius 3 is 2.65 bits per heavy atom. The van der Waals surface area contributed by atoms with Gasteiger partial charge in [0.2, 0.25) is 21.9 Å². The van der Waals surface area contributed by atoms with Gasteiger partial charge in [-0.3, -0.25) is 0 Å². The molecule has 1 fully saturated rings. The molecule has 2 aliphatic heterocycles. The van der Waals surface area contributed by atoms with E-state index in [4.69, 9.17) is 10.5 Å². The minimum Gasteiger partial charge on any atom is -0.379 e. The van der Waals surface area contributed by atoms with Gasteiger partial charge in [0.15, 0.2) is 5.82 Å². The second kappa shape index (κ2) is 9.16. The lowest BCUT2D eigenvalue weighted by Gasteiger charge is -2.26. The highest BCUT2D eigenvalue weighted by Crippen LogP contribution is 2.32. The van der Waals surface area contributed by atoms with Crippen molar-refractivity contribution in [3.05, 3.63) is 59.4 Å². The van der Waals surface area contributed by atoms with Crippen molar-refractivity contribution in [3.63, 3.8) is 0 Å². The number of aryl methyl sites for hydroxylation is 1. The van der Waals surface area contributed by atoms with Gasteiger partial charge in [-0.05, 0) is 48.7 Å². The number of nitrogen functional groups attached to an aromatic ring is 1. The highest BCUT2D eigenvalue weighted by Gasteiger charge is 2.29. The van der Waals surface area contributed by atoms with Crippen LogP contribution >= 0.6 is 0 Å². The first kappa shape index (κ1) is 22.5. The number of morpholine rings is 1. The summed E-state index contributed by atoms with van der Waals surface area (Å²) in [5.41, 5.74) is 9.90. The molecule has 2 aliphatic rings. The van der Waals surface area contributed by atoms with Crippen LogP contribution in [0.2, 0.25) is 0 Å². The number of benzene rings is 2. The van der Waals surface area contributed by atoms with Crippen LogP contribution < -0.4 is 16.0 Å². The molecule has 0 unspecified atom stereocenters. The number of anilines is 4. The van der Waals surface area contributed by atoms with Gasteiger partial charge >= 0.3 is 0 Å². The fourth-order valence-electron chi connectivity index (χ4n) is 4.28. The molecule has 5 rings (SSSR count). The number of hydrogen-bond donors (Lipinski definition) is 2. The summed E-state index contributed by atoms with van der Waals surface area (Å²) in [5, 5.41) is 3.21. The summed E-state index contributed by atoms with van der Waals surface area (Å²) in [5.74, 6) is 1.08. The van der Waals surface area contributed by atoms with Gasteiger partial charge in [-0.2, -0.15) is 19.3 Å². The quantitative estimate of drug-likeness (QED) is 0.544. The molecular weight excluding hydrogens is 454 g/mol. The molecule has 11 heteroatoms. The highest BCUT2D eigenvalue weighted by atomic mass is 32.2.